The average Bonchev–Trinajstić information content (AvgIpc) is 2.79. The molecule has 1 atom stereocenters. The number of pyridine rings is 1. The molecule has 2 N–H and O–H groups in total. The molecule has 0 spiro atoms. The van der Waals surface area contributed by atoms with E-state index < -0.39 is 0 Å². The molecule has 2 fully saturated rings. The van der Waals surface area contributed by atoms with Gasteiger partial charge in [0.1, 0.15) is 11.6 Å². The summed E-state index contributed by atoms with van der Waals surface area (Å²) < 4.78 is 0. The largest absolute Gasteiger partial charge is 0.393 e. The van der Waals surface area contributed by atoms with Gasteiger partial charge in [-0.15, -0.1) is 0 Å². The Hall–Kier alpha value is -1.79. The molecule has 0 bridgehead atoms. The Morgan fingerprint density at radius 3 is 2.55 bits per heavy atom. The van der Waals surface area contributed by atoms with Crippen molar-refractivity contribution in [1.82, 2.24) is 20.3 Å². The van der Waals surface area contributed by atoms with Crippen LogP contribution in [0.3, 0.4) is 0 Å². The van der Waals surface area contributed by atoms with Gasteiger partial charge in [0.15, 0.2) is 0 Å². The van der Waals surface area contributed by atoms with Crippen molar-refractivity contribution in [3.63, 3.8) is 0 Å². The van der Waals surface area contributed by atoms with E-state index in [1.807, 2.05) is 6.20 Å². The summed E-state index contributed by atoms with van der Waals surface area (Å²) in [4.78, 5) is 17.2. The van der Waals surface area contributed by atoms with E-state index in [9.17, 15) is 5.11 Å². The summed E-state index contributed by atoms with van der Waals surface area (Å²) in [6.45, 7) is 6.65. The maximum Gasteiger partial charge on any atom is 0.139 e. The van der Waals surface area contributed by atoms with Crippen molar-refractivity contribution >= 4 is 16.7 Å². The lowest BCUT2D eigenvalue weighted by atomic mass is 9.82. The van der Waals surface area contributed by atoms with Gasteiger partial charge in [-0.1, -0.05) is 26.7 Å². The number of piperidine rings is 1. The van der Waals surface area contributed by atoms with Gasteiger partial charge >= 0.3 is 0 Å². The van der Waals surface area contributed by atoms with Crippen LogP contribution in [-0.2, 0) is 6.42 Å². The summed E-state index contributed by atoms with van der Waals surface area (Å²) in [5.74, 6) is 2.98. The molecule has 0 radical (unpaired) electrons. The Labute approximate surface area is 186 Å². The molecule has 2 aromatic heterocycles. The number of aliphatic hydroxyl groups excluding tert-OH is 1. The van der Waals surface area contributed by atoms with Crippen LogP contribution in [0.15, 0.2) is 12.4 Å². The zero-order chi connectivity index (χ0) is 21.8. The smallest absolute Gasteiger partial charge is 0.139 e. The van der Waals surface area contributed by atoms with Gasteiger partial charge in [-0.3, -0.25) is 0 Å². The number of aromatic nitrogens is 3. The SMILES string of the molecule is CCCC(C)Cc1ncc2c(N(C)C3CCNCC3)ncc(C3CCC(O)CC3)c2n1. The molecule has 1 saturated heterocycles. The molecule has 1 aliphatic heterocycles. The van der Waals surface area contributed by atoms with E-state index in [2.05, 4.69) is 37.3 Å². The van der Waals surface area contributed by atoms with Gasteiger partial charge in [-0.05, 0) is 63.5 Å². The Morgan fingerprint density at radius 1 is 1.10 bits per heavy atom. The Kier molecular flexibility index (Phi) is 7.39. The summed E-state index contributed by atoms with van der Waals surface area (Å²) in [5.41, 5.74) is 2.33. The van der Waals surface area contributed by atoms with Gasteiger partial charge in [0.05, 0.1) is 17.0 Å². The molecule has 4 rings (SSSR count). The van der Waals surface area contributed by atoms with Crippen LogP contribution >= 0.6 is 0 Å². The van der Waals surface area contributed by atoms with E-state index in [4.69, 9.17) is 15.0 Å². The molecule has 1 saturated carbocycles. The third kappa shape index (κ3) is 5.17. The van der Waals surface area contributed by atoms with Crippen molar-refractivity contribution in [2.45, 2.75) is 89.7 Å². The minimum Gasteiger partial charge on any atom is -0.393 e. The standard InChI is InChI=1S/C25H39N5O/c1-4-5-17(2)14-23-27-16-22-24(29-23)21(18-6-8-20(31)9-7-18)15-28-25(22)30(3)19-10-12-26-13-11-19/h15-20,26,31H,4-14H2,1-3H3. The highest BCUT2D eigenvalue weighted by molar-refractivity contribution is 5.91. The predicted molar refractivity (Wildman–Crippen MR) is 127 cm³/mol. The fourth-order valence-electron chi connectivity index (χ4n) is 5.40. The number of nitrogens with zero attached hydrogens (tertiary/aromatic N) is 4. The first kappa shape index (κ1) is 22.4. The van der Waals surface area contributed by atoms with Gasteiger partial charge < -0.3 is 15.3 Å². The van der Waals surface area contributed by atoms with Crippen molar-refractivity contribution in [1.29, 1.82) is 0 Å². The quantitative estimate of drug-likeness (QED) is 0.692. The number of anilines is 1. The van der Waals surface area contributed by atoms with Crippen LogP contribution < -0.4 is 10.2 Å². The second kappa shape index (κ2) is 10.2. The number of aliphatic hydroxyl groups is 1. The van der Waals surface area contributed by atoms with E-state index in [1.165, 1.54) is 18.4 Å². The normalized spacial score (nSPS) is 23.7. The first-order chi connectivity index (χ1) is 15.1. The molecular weight excluding hydrogens is 386 g/mol. The van der Waals surface area contributed by atoms with E-state index in [-0.39, 0.29) is 6.10 Å². The molecule has 6 nitrogen and oxygen atoms in total. The summed E-state index contributed by atoms with van der Waals surface area (Å²) in [7, 11) is 2.17. The van der Waals surface area contributed by atoms with E-state index in [1.54, 1.807) is 0 Å². The van der Waals surface area contributed by atoms with Crippen LogP contribution in [0.4, 0.5) is 5.82 Å². The maximum absolute atomic E-state index is 9.99. The van der Waals surface area contributed by atoms with Crippen molar-refractivity contribution in [2.24, 2.45) is 5.92 Å². The lowest BCUT2D eigenvalue weighted by Crippen LogP contribution is -2.41. The Balaban J connectivity index is 1.71. The third-order valence-electron chi connectivity index (χ3n) is 7.32. The van der Waals surface area contributed by atoms with Crippen molar-refractivity contribution in [3.8, 4) is 0 Å². The van der Waals surface area contributed by atoms with Crippen LogP contribution in [0.1, 0.15) is 82.5 Å². The highest BCUT2D eigenvalue weighted by atomic mass is 16.3. The number of hydrogen-bond acceptors (Lipinski definition) is 6. The van der Waals surface area contributed by atoms with Crippen LogP contribution in [0, 0.1) is 5.92 Å². The van der Waals surface area contributed by atoms with Gasteiger partial charge in [-0.2, -0.15) is 0 Å². The minimum absolute atomic E-state index is 0.152. The van der Waals surface area contributed by atoms with E-state index in [0.717, 1.165) is 80.6 Å². The van der Waals surface area contributed by atoms with Crippen LogP contribution in [-0.4, -0.2) is 52.3 Å². The topological polar surface area (TPSA) is 74.2 Å². The summed E-state index contributed by atoms with van der Waals surface area (Å²) in [6, 6.07) is 0.497. The minimum atomic E-state index is -0.152. The number of nitrogens with one attached hydrogen (secondary N) is 1. The summed E-state index contributed by atoms with van der Waals surface area (Å²) in [5, 5.41) is 14.5. The van der Waals surface area contributed by atoms with Gasteiger partial charge in [0.25, 0.3) is 0 Å². The Morgan fingerprint density at radius 2 is 1.84 bits per heavy atom. The number of fused-ring (bicyclic) bond motifs is 1. The molecule has 0 aromatic carbocycles. The van der Waals surface area contributed by atoms with E-state index >= 15 is 0 Å². The molecule has 2 aromatic rings. The zero-order valence-electron chi connectivity index (χ0n) is 19.5. The molecule has 6 heteroatoms. The van der Waals surface area contributed by atoms with Crippen LogP contribution in [0.25, 0.3) is 10.9 Å². The number of rotatable bonds is 7. The maximum atomic E-state index is 9.99. The fraction of sp³-hybridized carbons (Fsp3) is 0.720. The lowest BCUT2D eigenvalue weighted by molar-refractivity contribution is 0.122. The molecule has 170 valence electrons. The highest BCUT2D eigenvalue weighted by Gasteiger charge is 2.26. The second-order valence-corrected chi connectivity index (χ2v) is 9.78. The van der Waals surface area contributed by atoms with E-state index in [0.29, 0.717) is 17.9 Å². The van der Waals surface area contributed by atoms with Crippen molar-refractivity contribution < 1.29 is 5.11 Å². The van der Waals surface area contributed by atoms with Crippen LogP contribution in [0.2, 0.25) is 0 Å². The zero-order valence-corrected chi connectivity index (χ0v) is 19.5. The van der Waals surface area contributed by atoms with Crippen molar-refractivity contribution in [2.75, 3.05) is 25.0 Å². The average molecular weight is 426 g/mol. The summed E-state index contributed by atoms with van der Waals surface area (Å²) in [6.07, 6.45) is 13.3. The van der Waals surface area contributed by atoms with Gasteiger partial charge in [0.2, 0.25) is 0 Å². The van der Waals surface area contributed by atoms with Gasteiger partial charge in [-0.25, -0.2) is 15.0 Å². The highest BCUT2D eigenvalue weighted by Crippen LogP contribution is 2.38. The molecule has 3 heterocycles. The lowest BCUT2D eigenvalue weighted by Gasteiger charge is -2.33. The molecule has 31 heavy (non-hydrogen) atoms. The Bertz CT molecular complexity index is 858. The first-order valence-electron chi connectivity index (χ1n) is 12.3. The number of hydrogen-bond donors (Lipinski definition) is 2. The molecule has 2 aliphatic rings. The summed E-state index contributed by atoms with van der Waals surface area (Å²) >= 11 is 0. The second-order valence-electron chi connectivity index (χ2n) is 9.78. The van der Waals surface area contributed by atoms with Crippen LogP contribution in [0.5, 0.6) is 0 Å². The first-order valence-corrected chi connectivity index (χ1v) is 12.3. The third-order valence-corrected chi connectivity index (χ3v) is 7.32. The molecule has 0 amide bonds. The predicted octanol–water partition coefficient (Wildman–Crippen LogP) is 4.21. The molecule has 1 aliphatic carbocycles. The van der Waals surface area contributed by atoms with Gasteiger partial charge in [0, 0.05) is 37.5 Å². The molecular formula is C25H39N5O. The van der Waals surface area contributed by atoms with Crippen molar-refractivity contribution in [3.05, 3.63) is 23.8 Å². The molecule has 1 unspecified atom stereocenters. The fourth-order valence-corrected chi connectivity index (χ4v) is 5.40. The monoisotopic (exact) mass is 425 g/mol.